The van der Waals surface area contributed by atoms with Crippen LogP contribution in [0.2, 0.25) is 0 Å². The molecule has 2 aromatic rings. The predicted molar refractivity (Wildman–Crippen MR) is 88.9 cm³/mol. The van der Waals surface area contributed by atoms with Crippen LogP contribution in [-0.2, 0) is 0 Å². The van der Waals surface area contributed by atoms with E-state index in [4.69, 9.17) is 0 Å². The maximum Gasteiger partial charge on any atom is 0.320 e. The number of aliphatic hydroxyl groups is 1. The summed E-state index contributed by atoms with van der Waals surface area (Å²) < 4.78 is 1.79. The Balaban J connectivity index is 1.63. The molecule has 2 amide bonds. The fourth-order valence-corrected chi connectivity index (χ4v) is 2.65. The molecule has 0 saturated heterocycles. The highest BCUT2D eigenvalue weighted by molar-refractivity contribution is 5.88. The van der Waals surface area contributed by atoms with Crippen LogP contribution in [-0.4, -0.2) is 33.1 Å². The van der Waals surface area contributed by atoms with Gasteiger partial charge in [0.2, 0.25) is 0 Å². The Morgan fingerprint density at radius 2 is 2.00 bits per heavy atom. The zero-order valence-electron chi connectivity index (χ0n) is 13.5. The lowest BCUT2D eigenvalue weighted by Gasteiger charge is -2.36. The molecule has 0 bridgehead atoms. The molecule has 0 spiro atoms. The molecule has 122 valence electrons. The van der Waals surface area contributed by atoms with Gasteiger partial charge < -0.3 is 10.4 Å². The minimum atomic E-state index is -0.728. The number of hydrogen-bond acceptors (Lipinski definition) is 3. The minimum Gasteiger partial charge on any atom is -0.388 e. The number of aryl methyl sites for hydroxylation is 2. The first-order chi connectivity index (χ1) is 11.0. The lowest BCUT2D eigenvalue weighted by molar-refractivity contribution is -0.0287. The van der Waals surface area contributed by atoms with Gasteiger partial charge in [-0.1, -0.05) is 17.7 Å². The lowest BCUT2D eigenvalue weighted by atomic mass is 9.80. The molecule has 23 heavy (non-hydrogen) atoms. The third-order valence-corrected chi connectivity index (χ3v) is 4.27. The Morgan fingerprint density at radius 3 is 2.61 bits per heavy atom. The molecule has 3 N–H and O–H groups in total. The van der Waals surface area contributed by atoms with Gasteiger partial charge in [-0.2, -0.15) is 0 Å². The molecule has 6 nitrogen and oxygen atoms in total. The van der Waals surface area contributed by atoms with Crippen LogP contribution in [0.25, 0.3) is 5.69 Å². The second-order valence-electron chi connectivity index (χ2n) is 6.30. The quantitative estimate of drug-likeness (QED) is 0.811. The Hall–Kier alpha value is -2.34. The Bertz CT molecular complexity index is 702. The molecular weight excluding hydrogens is 292 g/mol. The van der Waals surface area contributed by atoms with Crippen LogP contribution >= 0.6 is 0 Å². The number of benzene rings is 1. The normalized spacial score (nSPS) is 15.8. The Labute approximate surface area is 135 Å². The number of rotatable bonds is 4. The van der Waals surface area contributed by atoms with E-state index < -0.39 is 5.60 Å². The maximum absolute atomic E-state index is 11.9. The van der Waals surface area contributed by atoms with Gasteiger partial charge in [-0.3, -0.25) is 5.32 Å². The van der Waals surface area contributed by atoms with E-state index in [-0.39, 0.29) is 12.6 Å². The SMILES string of the molecule is Cc1ccc(-n2nc(NC(=O)NCC3(O)CCC3)cc2C)cc1. The summed E-state index contributed by atoms with van der Waals surface area (Å²) >= 11 is 0. The van der Waals surface area contributed by atoms with Crippen LogP contribution in [0.1, 0.15) is 30.5 Å². The first-order valence-corrected chi connectivity index (χ1v) is 7.86. The lowest BCUT2D eigenvalue weighted by Crippen LogP contribution is -2.48. The monoisotopic (exact) mass is 314 g/mol. The Morgan fingerprint density at radius 1 is 1.30 bits per heavy atom. The van der Waals surface area contributed by atoms with E-state index in [1.54, 1.807) is 4.68 Å². The van der Waals surface area contributed by atoms with Crippen molar-refractivity contribution >= 4 is 11.8 Å². The van der Waals surface area contributed by atoms with Gasteiger partial charge in [-0.25, -0.2) is 9.48 Å². The van der Waals surface area contributed by atoms with Crippen LogP contribution in [0.3, 0.4) is 0 Å². The number of urea groups is 1. The summed E-state index contributed by atoms with van der Waals surface area (Å²) in [6.45, 7) is 4.25. The van der Waals surface area contributed by atoms with E-state index in [9.17, 15) is 9.90 Å². The first-order valence-electron chi connectivity index (χ1n) is 7.86. The van der Waals surface area contributed by atoms with Crippen molar-refractivity contribution in [2.45, 2.75) is 38.7 Å². The maximum atomic E-state index is 11.9. The van der Waals surface area contributed by atoms with Gasteiger partial charge in [0.15, 0.2) is 5.82 Å². The number of anilines is 1. The largest absolute Gasteiger partial charge is 0.388 e. The van der Waals surface area contributed by atoms with E-state index >= 15 is 0 Å². The van der Waals surface area contributed by atoms with Gasteiger partial charge in [0.1, 0.15) is 0 Å². The molecule has 1 aliphatic carbocycles. The topological polar surface area (TPSA) is 79.2 Å². The number of nitrogens with one attached hydrogen (secondary N) is 2. The molecule has 1 fully saturated rings. The van der Waals surface area contributed by atoms with E-state index in [1.807, 2.05) is 44.2 Å². The number of carbonyl (C=O) groups is 1. The summed E-state index contributed by atoms with van der Waals surface area (Å²) in [5, 5.41) is 19.8. The van der Waals surface area contributed by atoms with Gasteiger partial charge in [0.05, 0.1) is 11.3 Å². The van der Waals surface area contributed by atoms with Crippen molar-refractivity contribution in [2.24, 2.45) is 0 Å². The molecule has 0 atom stereocenters. The third-order valence-electron chi connectivity index (χ3n) is 4.27. The van der Waals surface area contributed by atoms with Crippen molar-refractivity contribution in [1.82, 2.24) is 15.1 Å². The Kier molecular flexibility index (Phi) is 4.09. The van der Waals surface area contributed by atoms with Gasteiger partial charge >= 0.3 is 6.03 Å². The highest BCUT2D eigenvalue weighted by Crippen LogP contribution is 2.30. The van der Waals surface area contributed by atoms with E-state index in [2.05, 4.69) is 15.7 Å². The molecule has 0 radical (unpaired) electrons. The van der Waals surface area contributed by atoms with Crippen LogP contribution in [0.5, 0.6) is 0 Å². The van der Waals surface area contributed by atoms with Crippen molar-refractivity contribution in [1.29, 1.82) is 0 Å². The molecule has 1 aromatic carbocycles. The summed E-state index contributed by atoms with van der Waals surface area (Å²) in [7, 11) is 0. The zero-order chi connectivity index (χ0) is 16.4. The van der Waals surface area contributed by atoms with Crippen molar-refractivity contribution in [3.05, 3.63) is 41.6 Å². The van der Waals surface area contributed by atoms with E-state index in [0.29, 0.717) is 5.82 Å². The number of hydrogen-bond donors (Lipinski definition) is 3. The summed E-state index contributed by atoms with van der Waals surface area (Å²) in [6, 6.07) is 9.50. The molecule has 1 heterocycles. The van der Waals surface area contributed by atoms with Gasteiger partial charge in [-0.05, 0) is 45.2 Å². The highest BCUT2D eigenvalue weighted by Gasteiger charge is 2.34. The van der Waals surface area contributed by atoms with Crippen LogP contribution in [0, 0.1) is 13.8 Å². The zero-order valence-corrected chi connectivity index (χ0v) is 13.5. The van der Waals surface area contributed by atoms with E-state index in [0.717, 1.165) is 30.6 Å². The van der Waals surface area contributed by atoms with Crippen LogP contribution in [0.15, 0.2) is 30.3 Å². The molecule has 0 unspecified atom stereocenters. The molecule has 1 saturated carbocycles. The number of aromatic nitrogens is 2. The first kappa shape index (κ1) is 15.6. The number of carbonyl (C=O) groups excluding carboxylic acids is 1. The molecule has 1 aromatic heterocycles. The molecule has 1 aliphatic rings. The average molecular weight is 314 g/mol. The average Bonchev–Trinajstić information content (AvgIpc) is 2.84. The van der Waals surface area contributed by atoms with Gasteiger partial charge in [0.25, 0.3) is 0 Å². The smallest absolute Gasteiger partial charge is 0.320 e. The summed E-state index contributed by atoms with van der Waals surface area (Å²) in [6.07, 6.45) is 2.50. The van der Waals surface area contributed by atoms with Gasteiger partial charge in [0, 0.05) is 18.3 Å². The predicted octanol–water partition coefficient (Wildman–Crippen LogP) is 2.53. The fraction of sp³-hybridized carbons (Fsp3) is 0.412. The highest BCUT2D eigenvalue weighted by atomic mass is 16.3. The second kappa shape index (κ2) is 6.04. The summed E-state index contributed by atoms with van der Waals surface area (Å²) in [5.41, 5.74) is 2.34. The standard InChI is InChI=1S/C17H22N4O2/c1-12-4-6-14(7-5-12)21-13(2)10-15(20-21)19-16(22)18-11-17(23)8-3-9-17/h4-7,10,23H,3,8-9,11H2,1-2H3,(H2,18,19,20,22). The number of nitrogens with zero attached hydrogens (tertiary/aromatic N) is 2. The van der Waals surface area contributed by atoms with Gasteiger partial charge in [-0.15, -0.1) is 5.10 Å². The van der Waals surface area contributed by atoms with Crippen LogP contribution in [0.4, 0.5) is 10.6 Å². The van der Waals surface area contributed by atoms with Crippen molar-refractivity contribution in [3.63, 3.8) is 0 Å². The van der Waals surface area contributed by atoms with Crippen molar-refractivity contribution < 1.29 is 9.90 Å². The molecule has 0 aliphatic heterocycles. The van der Waals surface area contributed by atoms with E-state index in [1.165, 1.54) is 5.56 Å². The molecule has 6 heteroatoms. The molecule has 3 rings (SSSR count). The number of amides is 2. The fourth-order valence-electron chi connectivity index (χ4n) is 2.65. The minimum absolute atomic E-state index is 0.274. The molecular formula is C17H22N4O2. The summed E-state index contributed by atoms with van der Waals surface area (Å²) in [5.74, 6) is 0.487. The van der Waals surface area contributed by atoms with Crippen molar-refractivity contribution in [3.8, 4) is 5.69 Å². The van der Waals surface area contributed by atoms with Crippen LogP contribution < -0.4 is 10.6 Å². The van der Waals surface area contributed by atoms with Crippen molar-refractivity contribution in [2.75, 3.05) is 11.9 Å². The third kappa shape index (κ3) is 3.53. The second-order valence-corrected chi connectivity index (χ2v) is 6.30. The summed E-state index contributed by atoms with van der Waals surface area (Å²) in [4.78, 5) is 11.9.